The van der Waals surface area contributed by atoms with Gasteiger partial charge in [-0.25, -0.2) is 13.8 Å². The number of carbonyl (C=O) groups excluding carboxylic acids is 1. The number of amides is 1. The maximum Gasteiger partial charge on any atom is 0.273 e. The number of aromatic nitrogens is 1. The molecular weight excluding hydrogens is 398 g/mol. The van der Waals surface area contributed by atoms with E-state index in [9.17, 15) is 13.6 Å². The average molecular weight is 416 g/mol. The molecule has 1 aromatic heterocycles. The fourth-order valence-electron chi connectivity index (χ4n) is 2.95. The van der Waals surface area contributed by atoms with Crippen molar-refractivity contribution in [2.24, 2.45) is 0 Å². The fraction of sp³-hybridized carbons (Fsp3) is 0.238. The molecule has 0 N–H and O–H groups in total. The van der Waals surface area contributed by atoms with E-state index in [0.29, 0.717) is 42.8 Å². The molecule has 1 aliphatic rings. The zero-order valence-corrected chi connectivity index (χ0v) is 16.3. The largest absolute Gasteiger partial charge is 0.489 e. The van der Waals surface area contributed by atoms with Crippen LogP contribution in [0.5, 0.6) is 5.75 Å². The van der Waals surface area contributed by atoms with Gasteiger partial charge in [0.25, 0.3) is 5.91 Å². The minimum atomic E-state index is -0.637. The molecule has 0 radical (unpaired) electrons. The van der Waals surface area contributed by atoms with Gasteiger partial charge in [0.2, 0.25) is 0 Å². The van der Waals surface area contributed by atoms with E-state index in [2.05, 4.69) is 4.98 Å². The van der Waals surface area contributed by atoms with Crippen LogP contribution in [0.1, 0.15) is 16.1 Å². The zero-order chi connectivity index (χ0) is 20.2. The van der Waals surface area contributed by atoms with E-state index in [4.69, 9.17) is 9.47 Å². The van der Waals surface area contributed by atoms with Crippen molar-refractivity contribution in [3.8, 4) is 16.3 Å². The Hall–Kier alpha value is -2.84. The third-order valence-electron chi connectivity index (χ3n) is 4.57. The van der Waals surface area contributed by atoms with Crippen LogP contribution in [-0.2, 0) is 11.3 Å². The number of ether oxygens (including phenoxy) is 2. The van der Waals surface area contributed by atoms with Crippen molar-refractivity contribution in [1.29, 1.82) is 0 Å². The minimum Gasteiger partial charge on any atom is -0.489 e. The Morgan fingerprint density at radius 1 is 1.10 bits per heavy atom. The molecule has 3 aromatic rings. The molecule has 1 saturated heterocycles. The number of morpholine rings is 1. The second-order valence-corrected chi connectivity index (χ2v) is 7.31. The van der Waals surface area contributed by atoms with E-state index in [-0.39, 0.29) is 18.1 Å². The van der Waals surface area contributed by atoms with Gasteiger partial charge in [0.15, 0.2) is 0 Å². The number of halogens is 2. The third kappa shape index (κ3) is 4.44. The summed E-state index contributed by atoms with van der Waals surface area (Å²) in [5, 5.41) is 2.46. The lowest BCUT2D eigenvalue weighted by atomic mass is 10.2. The summed E-state index contributed by atoms with van der Waals surface area (Å²) in [6.45, 7) is 2.02. The van der Waals surface area contributed by atoms with E-state index in [0.717, 1.165) is 5.56 Å². The van der Waals surface area contributed by atoms with E-state index < -0.39 is 11.6 Å². The molecule has 8 heteroatoms. The first-order chi connectivity index (χ1) is 14.1. The molecule has 4 rings (SSSR count). The molecular formula is C21H18F2N2O3S. The number of thiazole rings is 1. The number of carbonyl (C=O) groups is 1. The molecule has 0 spiro atoms. The number of benzene rings is 2. The number of nitrogens with zero attached hydrogens (tertiary/aromatic N) is 2. The van der Waals surface area contributed by atoms with Gasteiger partial charge in [-0.05, 0) is 36.4 Å². The highest BCUT2D eigenvalue weighted by atomic mass is 32.1. The first kappa shape index (κ1) is 19.5. The van der Waals surface area contributed by atoms with Crippen molar-refractivity contribution >= 4 is 17.2 Å². The van der Waals surface area contributed by atoms with Gasteiger partial charge in [0, 0.05) is 24.0 Å². The Kier molecular flexibility index (Phi) is 5.82. The summed E-state index contributed by atoms with van der Waals surface area (Å²) in [6, 6.07) is 10.7. The van der Waals surface area contributed by atoms with Crippen LogP contribution in [0.25, 0.3) is 10.6 Å². The maximum absolute atomic E-state index is 13.7. The van der Waals surface area contributed by atoms with Gasteiger partial charge in [-0.15, -0.1) is 11.3 Å². The molecule has 150 valence electrons. The lowest BCUT2D eigenvalue weighted by Crippen LogP contribution is -2.40. The van der Waals surface area contributed by atoms with Crippen molar-refractivity contribution in [2.75, 3.05) is 26.3 Å². The molecule has 1 fully saturated rings. The summed E-state index contributed by atoms with van der Waals surface area (Å²) >= 11 is 1.39. The smallest absolute Gasteiger partial charge is 0.273 e. The van der Waals surface area contributed by atoms with Gasteiger partial charge < -0.3 is 14.4 Å². The van der Waals surface area contributed by atoms with Crippen LogP contribution in [0.2, 0.25) is 0 Å². The van der Waals surface area contributed by atoms with Gasteiger partial charge in [0.1, 0.15) is 34.7 Å². The number of rotatable bonds is 5. The molecule has 0 saturated carbocycles. The fourth-order valence-corrected chi connectivity index (χ4v) is 3.75. The number of hydrogen-bond acceptors (Lipinski definition) is 5. The first-order valence-corrected chi connectivity index (χ1v) is 9.98. The third-order valence-corrected chi connectivity index (χ3v) is 5.46. The predicted molar refractivity (Wildman–Crippen MR) is 105 cm³/mol. The Labute approximate surface area is 170 Å². The highest BCUT2D eigenvalue weighted by Gasteiger charge is 2.21. The van der Waals surface area contributed by atoms with Crippen LogP contribution in [0.15, 0.2) is 47.8 Å². The highest BCUT2D eigenvalue weighted by molar-refractivity contribution is 7.13. The van der Waals surface area contributed by atoms with Crippen molar-refractivity contribution in [1.82, 2.24) is 9.88 Å². The van der Waals surface area contributed by atoms with Crippen LogP contribution in [0.3, 0.4) is 0 Å². The molecule has 0 bridgehead atoms. The van der Waals surface area contributed by atoms with Gasteiger partial charge in [0.05, 0.1) is 18.8 Å². The van der Waals surface area contributed by atoms with Crippen molar-refractivity contribution in [2.45, 2.75) is 6.61 Å². The summed E-state index contributed by atoms with van der Waals surface area (Å²) in [7, 11) is 0. The molecule has 2 aromatic carbocycles. The van der Waals surface area contributed by atoms with E-state index >= 15 is 0 Å². The first-order valence-electron chi connectivity index (χ1n) is 9.10. The normalized spacial score (nSPS) is 14.1. The molecule has 0 unspecified atom stereocenters. The second-order valence-electron chi connectivity index (χ2n) is 6.46. The van der Waals surface area contributed by atoms with Crippen molar-refractivity contribution in [3.63, 3.8) is 0 Å². The summed E-state index contributed by atoms with van der Waals surface area (Å²) in [5.41, 5.74) is 1.14. The Morgan fingerprint density at radius 2 is 1.79 bits per heavy atom. The van der Waals surface area contributed by atoms with Crippen molar-refractivity contribution < 1.29 is 23.0 Å². The number of hydrogen-bond donors (Lipinski definition) is 0. The average Bonchev–Trinajstić information content (AvgIpc) is 3.24. The van der Waals surface area contributed by atoms with Gasteiger partial charge >= 0.3 is 0 Å². The molecule has 0 atom stereocenters. The van der Waals surface area contributed by atoms with Gasteiger partial charge in [-0.3, -0.25) is 4.79 Å². The quantitative estimate of drug-likeness (QED) is 0.627. The van der Waals surface area contributed by atoms with Crippen molar-refractivity contribution in [3.05, 3.63) is 70.7 Å². The predicted octanol–water partition coefficient (Wildman–Crippen LogP) is 4.14. The van der Waals surface area contributed by atoms with Crippen LogP contribution in [0, 0.1) is 11.6 Å². The lowest BCUT2D eigenvalue weighted by molar-refractivity contribution is 0.0299. The van der Waals surface area contributed by atoms with E-state index in [1.165, 1.54) is 29.5 Å². The second kappa shape index (κ2) is 8.67. The lowest BCUT2D eigenvalue weighted by Gasteiger charge is -2.25. The Morgan fingerprint density at radius 3 is 2.48 bits per heavy atom. The van der Waals surface area contributed by atoms with Gasteiger partial charge in [-0.2, -0.15) is 0 Å². The van der Waals surface area contributed by atoms with E-state index in [1.54, 1.807) is 34.5 Å². The minimum absolute atomic E-state index is 0.0948. The Bertz CT molecular complexity index is 981. The summed E-state index contributed by atoms with van der Waals surface area (Å²) in [6.07, 6.45) is 0. The molecule has 29 heavy (non-hydrogen) atoms. The molecule has 1 aliphatic heterocycles. The summed E-state index contributed by atoms with van der Waals surface area (Å²) in [5.74, 6) is -0.885. The summed E-state index contributed by atoms with van der Waals surface area (Å²) < 4.78 is 38.1. The van der Waals surface area contributed by atoms with Gasteiger partial charge in [-0.1, -0.05) is 6.07 Å². The Balaban J connectivity index is 1.42. The maximum atomic E-state index is 13.7. The van der Waals surface area contributed by atoms with Crippen LogP contribution in [0.4, 0.5) is 8.78 Å². The van der Waals surface area contributed by atoms with E-state index in [1.807, 2.05) is 0 Å². The summed E-state index contributed by atoms with van der Waals surface area (Å²) in [4.78, 5) is 18.7. The zero-order valence-electron chi connectivity index (χ0n) is 15.4. The SMILES string of the molecule is O=C(c1csc(-c2ccc(OCc3c(F)cccc3F)cc2)n1)N1CCOCC1. The molecule has 0 aliphatic carbocycles. The molecule has 5 nitrogen and oxygen atoms in total. The highest BCUT2D eigenvalue weighted by Crippen LogP contribution is 2.27. The monoisotopic (exact) mass is 416 g/mol. The van der Waals surface area contributed by atoms with Crippen LogP contribution >= 0.6 is 11.3 Å². The molecule has 2 heterocycles. The van der Waals surface area contributed by atoms with Crippen LogP contribution in [-0.4, -0.2) is 42.1 Å². The standard InChI is InChI=1S/C21H18F2N2O3S/c22-17-2-1-3-18(23)16(17)12-28-15-6-4-14(5-7-15)20-24-19(13-29-20)21(26)25-8-10-27-11-9-25/h1-7,13H,8-12H2. The topological polar surface area (TPSA) is 51.7 Å². The van der Waals surface area contributed by atoms with Crippen LogP contribution < -0.4 is 4.74 Å². The molecule has 1 amide bonds.